The molecule has 1 aliphatic carbocycles. The zero-order valence-corrected chi connectivity index (χ0v) is 13.9. The molecule has 2 fully saturated rings. The third-order valence-electron chi connectivity index (χ3n) is 5.05. The van der Waals surface area contributed by atoms with E-state index in [9.17, 15) is 0 Å². The van der Waals surface area contributed by atoms with Crippen LogP contribution >= 0.6 is 0 Å². The Morgan fingerprint density at radius 2 is 2.24 bits per heavy atom. The van der Waals surface area contributed by atoms with Crippen molar-refractivity contribution in [1.29, 1.82) is 0 Å². The topological polar surface area (TPSA) is 39.1 Å². The van der Waals surface area contributed by atoms with Gasteiger partial charge in [-0.15, -0.1) is 0 Å². The molecule has 2 atom stereocenters. The van der Waals surface area contributed by atoms with Crippen molar-refractivity contribution in [1.82, 2.24) is 15.1 Å². The van der Waals surface area contributed by atoms with Gasteiger partial charge in [-0.1, -0.05) is 13.8 Å². The Morgan fingerprint density at radius 1 is 1.48 bits per heavy atom. The lowest BCUT2D eigenvalue weighted by Gasteiger charge is -2.35. The maximum atomic E-state index is 6.17. The molecule has 0 spiro atoms. The van der Waals surface area contributed by atoms with E-state index in [0.717, 1.165) is 37.6 Å². The molecule has 1 aliphatic heterocycles. The molecular formula is C17H29N3O. The highest BCUT2D eigenvalue weighted by atomic mass is 16.5. The SMILES string of the molecule is Cc1cc(CC2(CNC(C)C)CCOC2C2CC2)n(C)n1. The number of aryl methyl sites for hydroxylation is 2. The third kappa shape index (κ3) is 3.16. The van der Waals surface area contributed by atoms with Gasteiger partial charge in [0.05, 0.1) is 11.8 Å². The van der Waals surface area contributed by atoms with Crippen LogP contribution in [-0.4, -0.2) is 35.1 Å². The summed E-state index contributed by atoms with van der Waals surface area (Å²) < 4.78 is 8.22. The molecule has 2 unspecified atom stereocenters. The highest BCUT2D eigenvalue weighted by Gasteiger charge is 2.51. The summed E-state index contributed by atoms with van der Waals surface area (Å²) in [5, 5.41) is 8.20. The van der Waals surface area contributed by atoms with E-state index in [0.29, 0.717) is 12.1 Å². The molecule has 2 heterocycles. The number of aromatic nitrogens is 2. The molecule has 21 heavy (non-hydrogen) atoms. The van der Waals surface area contributed by atoms with E-state index < -0.39 is 0 Å². The summed E-state index contributed by atoms with van der Waals surface area (Å²) in [4.78, 5) is 0. The van der Waals surface area contributed by atoms with Gasteiger partial charge >= 0.3 is 0 Å². The van der Waals surface area contributed by atoms with Crippen LogP contribution in [0.25, 0.3) is 0 Å². The standard InChI is InChI=1S/C17H29N3O/c1-12(2)18-11-17(7-8-21-16(17)14-5-6-14)10-15-9-13(3)19-20(15)4/h9,12,14,16,18H,5-8,10-11H2,1-4H3. The third-order valence-corrected chi connectivity index (χ3v) is 5.05. The second-order valence-electron chi connectivity index (χ2n) is 7.35. The molecule has 0 radical (unpaired) electrons. The monoisotopic (exact) mass is 291 g/mol. The zero-order chi connectivity index (χ0) is 15.0. The molecule has 1 saturated heterocycles. The van der Waals surface area contributed by atoms with Crippen LogP contribution in [0.15, 0.2) is 6.07 Å². The van der Waals surface area contributed by atoms with Crippen molar-refractivity contribution in [3.8, 4) is 0 Å². The van der Waals surface area contributed by atoms with Gasteiger partial charge in [0.15, 0.2) is 0 Å². The molecule has 4 heteroatoms. The number of hydrogen-bond donors (Lipinski definition) is 1. The van der Waals surface area contributed by atoms with Gasteiger partial charge in [-0.25, -0.2) is 0 Å². The van der Waals surface area contributed by atoms with Crippen molar-refractivity contribution < 1.29 is 4.74 Å². The highest BCUT2D eigenvalue weighted by molar-refractivity contribution is 5.14. The van der Waals surface area contributed by atoms with Gasteiger partial charge in [-0.2, -0.15) is 5.10 Å². The van der Waals surface area contributed by atoms with Gasteiger partial charge in [-0.3, -0.25) is 4.68 Å². The van der Waals surface area contributed by atoms with Crippen LogP contribution in [0.3, 0.4) is 0 Å². The number of nitrogens with one attached hydrogen (secondary N) is 1. The molecule has 1 saturated carbocycles. The van der Waals surface area contributed by atoms with Crippen LogP contribution in [0.1, 0.15) is 44.5 Å². The Kier molecular flexibility index (Phi) is 4.10. The Bertz CT molecular complexity index is 492. The minimum absolute atomic E-state index is 0.242. The molecule has 1 aromatic rings. The maximum Gasteiger partial charge on any atom is 0.0676 e. The summed E-state index contributed by atoms with van der Waals surface area (Å²) in [6.45, 7) is 8.49. The molecule has 4 nitrogen and oxygen atoms in total. The summed E-state index contributed by atoms with van der Waals surface area (Å²) >= 11 is 0. The first-order valence-electron chi connectivity index (χ1n) is 8.35. The largest absolute Gasteiger partial charge is 0.377 e. The van der Waals surface area contributed by atoms with E-state index >= 15 is 0 Å². The van der Waals surface area contributed by atoms with Gasteiger partial charge < -0.3 is 10.1 Å². The molecule has 0 amide bonds. The Morgan fingerprint density at radius 3 is 2.81 bits per heavy atom. The van der Waals surface area contributed by atoms with Crippen LogP contribution in [0, 0.1) is 18.3 Å². The molecule has 0 bridgehead atoms. The van der Waals surface area contributed by atoms with Crippen molar-refractivity contribution >= 4 is 0 Å². The van der Waals surface area contributed by atoms with E-state index in [4.69, 9.17) is 4.74 Å². The average molecular weight is 291 g/mol. The normalized spacial score (nSPS) is 29.5. The molecule has 118 valence electrons. The summed E-state index contributed by atoms with van der Waals surface area (Å²) in [5.41, 5.74) is 2.70. The second-order valence-corrected chi connectivity index (χ2v) is 7.35. The quantitative estimate of drug-likeness (QED) is 0.875. The van der Waals surface area contributed by atoms with Crippen LogP contribution in [0.2, 0.25) is 0 Å². The van der Waals surface area contributed by atoms with Crippen LogP contribution in [0.5, 0.6) is 0 Å². The fraction of sp³-hybridized carbons (Fsp3) is 0.824. The summed E-state index contributed by atoms with van der Waals surface area (Å²) in [7, 11) is 2.06. The van der Waals surface area contributed by atoms with Crippen molar-refractivity contribution in [3.63, 3.8) is 0 Å². The lowest BCUT2D eigenvalue weighted by Crippen LogP contribution is -2.45. The average Bonchev–Trinajstić information content (AvgIpc) is 3.10. The minimum Gasteiger partial charge on any atom is -0.377 e. The van der Waals surface area contributed by atoms with Crippen LogP contribution < -0.4 is 5.32 Å². The van der Waals surface area contributed by atoms with Crippen molar-refractivity contribution in [2.45, 2.75) is 58.6 Å². The predicted molar refractivity (Wildman–Crippen MR) is 84.3 cm³/mol. The Hall–Kier alpha value is -0.870. The fourth-order valence-electron chi connectivity index (χ4n) is 3.78. The summed E-state index contributed by atoms with van der Waals surface area (Å²) in [5.74, 6) is 0.788. The first-order valence-corrected chi connectivity index (χ1v) is 8.35. The van der Waals surface area contributed by atoms with Gasteiger partial charge in [0.1, 0.15) is 0 Å². The number of ether oxygens (including phenoxy) is 1. The number of rotatable bonds is 6. The Labute approximate surface area is 128 Å². The maximum absolute atomic E-state index is 6.17. The first-order chi connectivity index (χ1) is 10.00. The Balaban J connectivity index is 1.82. The van der Waals surface area contributed by atoms with Gasteiger partial charge in [0.25, 0.3) is 0 Å². The van der Waals surface area contributed by atoms with Crippen molar-refractivity contribution in [2.24, 2.45) is 18.4 Å². The lowest BCUT2D eigenvalue weighted by atomic mass is 9.74. The van der Waals surface area contributed by atoms with Crippen LogP contribution in [0.4, 0.5) is 0 Å². The highest BCUT2D eigenvalue weighted by Crippen LogP contribution is 2.49. The van der Waals surface area contributed by atoms with E-state index in [-0.39, 0.29) is 5.41 Å². The van der Waals surface area contributed by atoms with Crippen molar-refractivity contribution in [3.05, 3.63) is 17.5 Å². The van der Waals surface area contributed by atoms with E-state index in [1.807, 2.05) is 0 Å². The number of hydrogen-bond acceptors (Lipinski definition) is 3. The van der Waals surface area contributed by atoms with Gasteiger partial charge in [0, 0.05) is 37.4 Å². The lowest BCUT2D eigenvalue weighted by molar-refractivity contribution is 0.0290. The number of nitrogens with zero attached hydrogens (tertiary/aromatic N) is 2. The van der Waals surface area contributed by atoms with E-state index in [1.165, 1.54) is 18.5 Å². The first kappa shape index (κ1) is 15.0. The summed E-state index contributed by atoms with van der Waals surface area (Å²) in [6, 6.07) is 2.76. The van der Waals surface area contributed by atoms with E-state index in [2.05, 4.69) is 49.0 Å². The fourth-order valence-corrected chi connectivity index (χ4v) is 3.78. The zero-order valence-electron chi connectivity index (χ0n) is 13.9. The molecule has 2 aliphatic rings. The molecule has 3 rings (SSSR count). The molecular weight excluding hydrogens is 262 g/mol. The van der Waals surface area contributed by atoms with Crippen molar-refractivity contribution in [2.75, 3.05) is 13.2 Å². The molecule has 1 aromatic heterocycles. The second kappa shape index (κ2) is 5.73. The van der Waals surface area contributed by atoms with Gasteiger partial charge in [-0.05, 0) is 44.6 Å². The van der Waals surface area contributed by atoms with Crippen LogP contribution in [-0.2, 0) is 18.2 Å². The molecule has 0 aromatic carbocycles. The predicted octanol–water partition coefficient (Wildman–Crippen LogP) is 2.45. The smallest absolute Gasteiger partial charge is 0.0676 e. The minimum atomic E-state index is 0.242. The summed E-state index contributed by atoms with van der Waals surface area (Å²) in [6.07, 6.45) is 5.36. The molecule has 1 N–H and O–H groups in total. The van der Waals surface area contributed by atoms with Gasteiger partial charge in [0.2, 0.25) is 0 Å². The van der Waals surface area contributed by atoms with E-state index in [1.54, 1.807) is 0 Å².